The van der Waals surface area contributed by atoms with Gasteiger partial charge in [0.15, 0.2) is 0 Å². The van der Waals surface area contributed by atoms with E-state index in [9.17, 15) is 0 Å². The molecule has 0 radical (unpaired) electrons. The van der Waals surface area contributed by atoms with Gasteiger partial charge in [-0.2, -0.15) is 11.8 Å². The highest BCUT2D eigenvalue weighted by Crippen LogP contribution is 2.61. The summed E-state index contributed by atoms with van der Waals surface area (Å²) < 4.78 is 0. The Kier molecular flexibility index (Phi) is 1.57. The Morgan fingerprint density at radius 3 is 1.83 bits per heavy atom. The predicted octanol–water partition coefficient (Wildman–Crippen LogP) is 2.89. The van der Waals surface area contributed by atoms with Crippen molar-refractivity contribution in [1.82, 2.24) is 0 Å². The third-order valence-electron chi connectivity index (χ3n) is 4.99. The van der Waals surface area contributed by atoms with Gasteiger partial charge in [0.05, 0.1) is 0 Å². The lowest BCUT2D eigenvalue weighted by Crippen LogP contribution is -2.31. The molecule has 2 bridgehead atoms. The molecule has 0 amide bonds. The van der Waals surface area contributed by atoms with Gasteiger partial charge >= 0.3 is 0 Å². The molecule has 6 unspecified atom stereocenters. The molecular weight excluding hydrogens is 164 g/mol. The highest BCUT2D eigenvalue weighted by molar-refractivity contribution is 7.99. The van der Waals surface area contributed by atoms with E-state index in [1.54, 1.807) is 6.42 Å². The molecular formula is C11H18S. The second-order valence-electron chi connectivity index (χ2n) is 5.15. The summed E-state index contributed by atoms with van der Waals surface area (Å²) in [4.78, 5) is 0. The maximum absolute atomic E-state index is 2.49. The van der Waals surface area contributed by atoms with Crippen molar-refractivity contribution in [3.8, 4) is 0 Å². The first kappa shape index (κ1) is 7.73. The smallest absolute Gasteiger partial charge is 0.00332 e. The molecule has 0 aromatic carbocycles. The van der Waals surface area contributed by atoms with E-state index in [2.05, 4.69) is 25.6 Å². The van der Waals surface area contributed by atoms with Crippen LogP contribution in [-0.2, 0) is 0 Å². The van der Waals surface area contributed by atoms with Crippen LogP contribution < -0.4 is 0 Å². The van der Waals surface area contributed by atoms with Crippen molar-refractivity contribution in [2.45, 2.75) is 20.3 Å². The van der Waals surface area contributed by atoms with Crippen LogP contribution in [0.4, 0.5) is 0 Å². The molecule has 0 spiro atoms. The second kappa shape index (κ2) is 2.43. The molecule has 0 N–H and O–H groups in total. The van der Waals surface area contributed by atoms with Crippen LogP contribution in [0, 0.1) is 35.5 Å². The highest BCUT2D eigenvalue weighted by Gasteiger charge is 2.55. The summed E-state index contributed by atoms with van der Waals surface area (Å²) in [5.41, 5.74) is 0. The standard InChI is InChI=1S/C11H18S/c1-6-7(2)9-3-8(6)10-4-12-5-11(9)10/h6-11H,3-5H2,1-2H3. The molecule has 1 aliphatic heterocycles. The summed E-state index contributed by atoms with van der Waals surface area (Å²) >= 11 is 2.22. The van der Waals surface area contributed by atoms with Crippen molar-refractivity contribution in [3.05, 3.63) is 0 Å². The van der Waals surface area contributed by atoms with Gasteiger partial charge < -0.3 is 0 Å². The maximum atomic E-state index is 2.49. The molecule has 0 aromatic rings. The van der Waals surface area contributed by atoms with Gasteiger partial charge in [0, 0.05) is 0 Å². The van der Waals surface area contributed by atoms with E-state index >= 15 is 0 Å². The van der Waals surface area contributed by atoms with Gasteiger partial charge in [0.25, 0.3) is 0 Å². The minimum Gasteiger partial charge on any atom is -0.161 e. The van der Waals surface area contributed by atoms with Crippen molar-refractivity contribution >= 4 is 11.8 Å². The van der Waals surface area contributed by atoms with Gasteiger partial charge in [-0.25, -0.2) is 0 Å². The Morgan fingerprint density at radius 1 is 0.833 bits per heavy atom. The summed E-state index contributed by atoms with van der Waals surface area (Å²) in [5.74, 6) is 9.54. The predicted molar refractivity (Wildman–Crippen MR) is 54.2 cm³/mol. The lowest BCUT2D eigenvalue weighted by molar-refractivity contribution is 0.153. The Hall–Kier alpha value is 0.350. The molecule has 2 saturated carbocycles. The van der Waals surface area contributed by atoms with Gasteiger partial charge in [0.1, 0.15) is 0 Å². The summed E-state index contributed by atoms with van der Waals surface area (Å²) in [7, 11) is 0. The zero-order valence-electron chi connectivity index (χ0n) is 7.99. The van der Waals surface area contributed by atoms with E-state index in [1.165, 1.54) is 11.5 Å². The molecule has 12 heavy (non-hydrogen) atoms. The van der Waals surface area contributed by atoms with E-state index in [0.717, 1.165) is 35.5 Å². The highest BCUT2D eigenvalue weighted by atomic mass is 32.2. The number of rotatable bonds is 0. The molecule has 6 atom stereocenters. The van der Waals surface area contributed by atoms with E-state index in [0.29, 0.717) is 0 Å². The monoisotopic (exact) mass is 182 g/mol. The SMILES string of the molecule is CC1C(C)C2CC1C1CSCC21. The summed E-state index contributed by atoms with van der Waals surface area (Å²) in [6.07, 6.45) is 1.58. The van der Waals surface area contributed by atoms with Crippen molar-refractivity contribution in [2.75, 3.05) is 11.5 Å². The minimum absolute atomic E-state index is 1.04. The first-order chi connectivity index (χ1) is 5.79. The number of thioether (sulfide) groups is 1. The molecule has 68 valence electrons. The first-order valence-corrected chi connectivity index (χ1v) is 6.52. The van der Waals surface area contributed by atoms with Gasteiger partial charge in [-0.05, 0) is 53.4 Å². The van der Waals surface area contributed by atoms with Crippen LogP contribution in [0.1, 0.15) is 20.3 Å². The van der Waals surface area contributed by atoms with Crippen LogP contribution >= 0.6 is 11.8 Å². The van der Waals surface area contributed by atoms with Crippen LogP contribution in [0.3, 0.4) is 0 Å². The molecule has 2 aliphatic carbocycles. The first-order valence-electron chi connectivity index (χ1n) is 5.37. The quantitative estimate of drug-likeness (QED) is 0.555. The molecule has 1 heteroatoms. The third kappa shape index (κ3) is 0.767. The molecule has 3 aliphatic rings. The zero-order valence-corrected chi connectivity index (χ0v) is 8.81. The van der Waals surface area contributed by atoms with E-state index < -0.39 is 0 Å². The number of hydrogen-bond donors (Lipinski definition) is 0. The Bertz CT molecular complexity index is 181. The Morgan fingerprint density at radius 2 is 1.33 bits per heavy atom. The molecule has 3 fully saturated rings. The molecule has 0 aromatic heterocycles. The maximum Gasteiger partial charge on any atom is -0.00332 e. The van der Waals surface area contributed by atoms with Crippen LogP contribution in [0.2, 0.25) is 0 Å². The van der Waals surface area contributed by atoms with Crippen LogP contribution in [0.25, 0.3) is 0 Å². The fourth-order valence-electron chi connectivity index (χ4n) is 4.12. The average Bonchev–Trinajstić information content (AvgIpc) is 2.63. The topological polar surface area (TPSA) is 0 Å². The van der Waals surface area contributed by atoms with Crippen molar-refractivity contribution in [3.63, 3.8) is 0 Å². The van der Waals surface area contributed by atoms with Crippen molar-refractivity contribution in [1.29, 1.82) is 0 Å². The Balaban J connectivity index is 1.92. The molecule has 1 heterocycles. The van der Waals surface area contributed by atoms with Crippen LogP contribution in [0.15, 0.2) is 0 Å². The van der Waals surface area contributed by atoms with Crippen molar-refractivity contribution in [2.24, 2.45) is 35.5 Å². The lowest BCUT2D eigenvalue weighted by Gasteiger charge is -2.33. The zero-order chi connectivity index (χ0) is 8.29. The second-order valence-corrected chi connectivity index (χ2v) is 6.22. The largest absolute Gasteiger partial charge is 0.161 e. The van der Waals surface area contributed by atoms with E-state index in [4.69, 9.17) is 0 Å². The van der Waals surface area contributed by atoms with E-state index in [1.807, 2.05) is 0 Å². The third-order valence-corrected chi connectivity index (χ3v) is 6.24. The minimum atomic E-state index is 1.04. The number of hydrogen-bond acceptors (Lipinski definition) is 1. The van der Waals surface area contributed by atoms with Crippen LogP contribution in [0.5, 0.6) is 0 Å². The van der Waals surface area contributed by atoms with Crippen LogP contribution in [-0.4, -0.2) is 11.5 Å². The molecule has 0 nitrogen and oxygen atoms in total. The van der Waals surface area contributed by atoms with Gasteiger partial charge in [-0.3, -0.25) is 0 Å². The van der Waals surface area contributed by atoms with Gasteiger partial charge in [0.2, 0.25) is 0 Å². The van der Waals surface area contributed by atoms with Crippen molar-refractivity contribution < 1.29 is 0 Å². The molecule has 1 saturated heterocycles. The summed E-state index contributed by atoms with van der Waals surface area (Å²) in [6, 6.07) is 0. The normalized spacial score (nSPS) is 62.5. The lowest BCUT2D eigenvalue weighted by atomic mass is 9.71. The van der Waals surface area contributed by atoms with E-state index in [-0.39, 0.29) is 0 Å². The molecule has 3 rings (SSSR count). The van der Waals surface area contributed by atoms with Gasteiger partial charge in [-0.15, -0.1) is 0 Å². The summed E-state index contributed by atoms with van der Waals surface area (Å²) in [6.45, 7) is 4.99. The fourth-order valence-corrected chi connectivity index (χ4v) is 5.79. The average molecular weight is 182 g/mol. The van der Waals surface area contributed by atoms with Gasteiger partial charge in [-0.1, -0.05) is 13.8 Å². The summed E-state index contributed by atoms with van der Waals surface area (Å²) in [5, 5.41) is 0. The fraction of sp³-hybridized carbons (Fsp3) is 1.00. The Labute approximate surface area is 79.5 Å². The number of fused-ring (bicyclic) bond motifs is 5.